The molecule has 1 aromatic carbocycles. The number of hydrogen-bond acceptors (Lipinski definition) is 7. The van der Waals surface area contributed by atoms with E-state index in [0.29, 0.717) is 18.1 Å². The van der Waals surface area contributed by atoms with Crippen LogP contribution in [0.15, 0.2) is 54.9 Å². The number of nitrogens with zero attached hydrogens (tertiary/aromatic N) is 5. The lowest BCUT2D eigenvalue weighted by molar-refractivity contribution is -0.120. The standard InChI is InChI=1S/C22H24N6O4/c1-15-20(25-26-28(15)12-16-7-9-23-10-8-16)24-21(30)19-11-18(29)13-27(19)22(31)32-14-17-5-3-2-4-6-17/h2-10,18-19,29H,11-14H2,1H3,(H,24,30)/t18-,19+/m1/s1. The average Bonchev–Trinajstić information content (AvgIpc) is 3.36. The number of nitrogens with one attached hydrogen (secondary N) is 1. The fraction of sp³-hybridized carbons (Fsp3) is 0.318. The summed E-state index contributed by atoms with van der Waals surface area (Å²) in [5.74, 6) is -0.139. The molecule has 1 aliphatic heterocycles. The largest absolute Gasteiger partial charge is 0.445 e. The zero-order chi connectivity index (χ0) is 22.5. The highest BCUT2D eigenvalue weighted by atomic mass is 16.6. The number of β-amino-alcohol motifs (C(OH)–C–C–N with tert-alkyl or cyclic N) is 1. The predicted octanol–water partition coefficient (Wildman–Crippen LogP) is 1.74. The summed E-state index contributed by atoms with van der Waals surface area (Å²) in [7, 11) is 0. The second-order valence-corrected chi connectivity index (χ2v) is 7.62. The number of anilines is 1. The Morgan fingerprint density at radius 3 is 2.66 bits per heavy atom. The Morgan fingerprint density at radius 2 is 1.91 bits per heavy atom. The van der Waals surface area contributed by atoms with Crippen LogP contribution in [-0.4, -0.2) is 60.7 Å². The molecule has 2 aromatic heterocycles. The summed E-state index contributed by atoms with van der Waals surface area (Å²) < 4.78 is 7.01. The van der Waals surface area contributed by atoms with Gasteiger partial charge in [0.25, 0.3) is 0 Å². The first-order valence-electron chi connectivity index (χ1n) is 10.3. The van der Waals surface area contributed by atoms with Crippen molar-refractivity contribution in [3.8, 4) is 0 Å². The molecule has 1 fully saturated rings. The maximum atomic E-state index is 12.9. The third-order valence-corrected chi connectivity index (χ3v) is 5.33. The van der Waals surface area contributed by atoms with Gasteiger partial charge in [0.05, 0.1) is 24.9 Å². The summed E-state index contributed by atoms with van der Waals surface area (Å²) in [6.07, 6.45) is 2.06. The molecule has 166 valence electrons. The minimum atomic E-state index is -0.863. The van der Waals surface area contributed by atoms with Gasteiger partial charge in [-0.15, -0.1) is 5.10 Å². The predicted molar refractivity (Wildman–Crippen MR) is 114 cm³/mol. The minimum absolute atomic E-state index is 0.0272. The second-order valence-electron chi connectivity index (χ2n) is 7.62. The van der Waals surface area contributed by atoms with E-state index in [2.05, 4.69) is 20.6 Å². The summed E-state index contributed by atoms with van der Waals surface area (Å²) >= 11 is 0. The highest BCUT2D eigenvalue weighted by molar-refractivity contribution is 5.96. The summed E-state index contributed by atoms with van der Waals surface area (Å²) in [4.78, 5) is 30.7. The zero-order valence-electron chi connectivity index (χ0n) is 17.6. The van der Waals surface area contributed by atoms with Gasteiger partial charge < -0.3 is 15.2 Å². The molecule has 10 nitrogen and oxygen atoms in total. The van der Waals surface area contributed by atoms with Crippen LogP contribution >= 0.6 is 0 Å². The Kier molecular flexibility index (Phi) is 6.41. The molecule has 0 saturated carbocycles. The molecule has 0 bridgehead atoms. The maximum Gasteiger partial charge on any atom is 0.410 e. The molecule has 3 heterocycles. The quantitative estimate of drug-likeness (QED) is 0.603. The second kappa shape index (κ2) is 9.56. The van der Waals surface area contributed by atoms with Crippen molar-refractivity contribution >= 4 is 17.8 Å². The molecular weight excluding hydrogens is 412 g/mol. The van der Waals surface area contributed by atoms with E-state index in [0.717, 1.165) is 11.1 Å². The number of rotatable bonds is 6. The van der Waals surface area contributed by atoms with Crippen molar-refractivity contribution in [2.24, 2.45) is 0 Å². The first kappa shape index (κ1) is 21.4. The Labute approximate surface area is 184 Å². The van der Waals surface area contributed by atoms with E-state index in [1.807, 2.05) is 42.5 Å². The number of aliphatic hydroxyl groups excluding tert-OH is 1. The van der Waals surface area contributed by atoms with E-state index in [1.54, 1.807) is 24.0 Å². The smallest absolute Gasteiger partial charge is 0.410 e. The van der Waals surface area contributed by atoms with E-state index >= 15 is 0 Å². The van der Waals surface area contributed by atoms with Crippen LogP contribution in [0.2, 0.25) is 0 Å². The van der Waals surface area contributed by atoms with Crippen LogP contribution in [0.3, 0.4) is 0 Å². The Bertz CT molecular complexity index is 1070. The van der Waals surface area contributed by atoms with Crippen molar-refractivity contribution in [2.75, 3.05) is 11.9 Å². The lowest BCUT2D eigenvalue weighted by Crippen LogP contribution is -2.43. The Morgan fingerprint density at radius 1 is 1.16 bits per heavy atom. The van der Waals surface area contributed by atoms with Crippen molar-refractivity contribution in [3.63, 3.8) is 0 Å². The van der Waals surface area contributed by atoms with E-state index in [4.69, 9.17) is 4.74 Å². The molecule has 4 rings (SSSR count). The van der Waals surface area contributed by atoms with Crippen molar-refractivity contribution < 1.29 is 19.4 Å². The number of ether oxygens (including phenoxy) is 1. The van der Waals surface area contributed by atoms with Crippen LogP contribution in [0.4, 0.5) is 10.6 Å². The highest BCUT2D eigenvalue weighted by Gasteiger charge is 2.40. The molecule has 32 heavy (non-hydrogen) atoms. The van der Waals surface area contributed by atoms with Crippen molar-refractivity contribution in [2.45, 2.75) is 38.6 Å². The Hall–Kier alpha value is -3.79. The van der Waals surface area contributed by atoms with Gasteiger partial charge >= 0.3 is 6.09 Å². The van der Waals surface area contributed by atoms with E-state index in [1.165, 1.54) is 4.90 Å². The van der Waals surface area contributed by atoms with E-state index in [9.17, 15) is 14.7 Å². The summed E-state index contributed by atoms with van der Waals surface area (Å²) in [6, 6.07) is 12.1. The van der Waals surface area contributed by atoms with Crippen molar-refractivity contribution in [3.05, 3.63) is 71.7 Å². The van der Waals surface area contributed by atoms with Gasteiger partial charge in [-0.05, 0) is 30.2 Å². The number of benzene rings is 1. The highest BCUT2D eigenvalue weighted by Crippen LogP contribution is 2.22. The third-order valence-electron chi connectivity index (χ3n) is 5.33. The van der Waals surface area contributed by atoms with E-state index in [-0.39, 0.29) is 19.6 Å². The van der Waals surface area contributed by atoms with Crippen LogP contribution in [-0.2, 0) is 22.7 Å². The molecule has 1 aliphatic rings. The summed E-state index contributed by atoms with van der Waals surface area (Å²) in [6.45, 7) is 2.39. The molecule has 0 spiro atoms. The molecule has 0 unspecified atom stereocenters. The van der Waals surface area contributed by atoms with Gasteiger partial charge in [0.1, 0.15) is 12.6 Å². The monoisotopic (exact) mass is 436 g/mol. The molecule has 2 amide bonds. The number of aromatic nitrogens is 4. The molecule has 2 N–H and O–H groups in total. The summed E-state index contributed by atoms with van der Waals surface area (Å²) in [5.41, 5.74) is 2.51. The van der Waals surface area contributed by atoms with Crippen molar-refractivity contribution in [1.82, 2.24) is 24.9 Å². The lowest BCUT2D eigenvalue weighted by Gasteiger charge is -2.22. The number of carbonyl (C=O) groups excluding carboxylic acids is 2. The van der Waals surface area contributed by atoms with Gasteiger partial charge in [0, 0.05) is 18.8 Å². The summed E-state index contributed by atoms with van der Waals surface area (Å²) in [5, 5.41) is 21.0. The first-order chi connectivity index (χ1) is 15.5. The van der Waals surface area contributed by atoms with Crippen LogP contribution in [0.1, 0.15) is 23.2 Å². The number of carbonyl (C=O) groups is 2. The van der Waals surface area contributed by atoms with Gasteiger partial charge in [0.2, 0.25) is 5.91 Å². The van der Waals surface area contributed by atoms with Crippen LogP contribution in [0.25, 0.3) is 0 Å². The number of aliphatic hydroxyl groups is 1. The number of pyridine rings is 1. The SMILES string of the molecule is Cc1c(NC(=O)[C@@H]2C[C@@H](O)CN2C(=O)OCc2ccccc2)nnn1Cc1ccncc1. The number of amides is 2. The molecule has 0 aliphatic carbocycles. The van der Waals surface area contributed by atoms with Crippen molar-refractivity contribution in [1.29, 1.82) is 0 Å². The molecule has 2 atom stereocenters. The lowest BCUT2D eigenvalue weighted by atomic mass is 10.2. The zero-order valence-corrected chi connectivity index (χ0v) is 17.6. The van der Waals surface area contributed by atoms with Gasteiger partial charge in [-0.2, -0.15) is 0 Å². The normalized spacial score (nSPS) is 17.9. The topological polar surface area (TPSA) is 122 Å². The first-order valence-corrected chi connectivity index (χ1v) is 10.3. The fourth-order valence-electron chi connectivity index (χ4n) is 3.55. The molecule has 1 saturated heterocycles. The molecular formula is C22H24N6O4. The third kappa shape index (κ3) is 4.92. The molecule has 0 radical (unpaired) electrons. The van der Waals surface area contributed by atoms with Gasteiger partial charge in [-0.1, -0.05) is 35.5 Å². The average molecular weight is 436 g/mol. The van der Waals surface area contributed by atoms with Crippen LogP contribution in [0.5, 0.6) is 0 Å². The molecule has 10 heteroatoms. The van der Waals surface area contributed by atoms with Gasteiger partial charge in [0.15, 0.2) is 5.82 Å². The fourth-order valence-corrected chi connectivity index (χ4v) is 3.55. The van der Waals surface area contributed by atoms with Gasteiger partial charge in [-0.25, -0.2) is 9.48 Å². The molecule has 3 aromatic rings. The van der Waals surface area contributed by atoms with Crippen LogP contribution in [0, 0.1) is 6.92 Å². The van der Waals surface area contributed by atoms with Crippen LogP contribution < -0.4 is 5.32 Å². The van der Waals surface area contributed by atoms with E-state index < -0.39 is 24.1 Å². The number of hydrogen-bond donors (Lipinski definition) is 2. The minimum Gasteiger partial charge on any atom is -0.445 e. The number of likely N-dealkylation sites (tertiary alicyclic amines) is 1. The van der Waals surface area contributed by atoms with Gasteiger partial charge in [-0.3, -0.25) is 14.7 Å². The maximum absolute atomic E-state index is 12.9. The Balaban J connectivity index is 1.40.